The number of imide groups is 1. The molecule has 5 aromatic rings. The first kappa shape index (κ1) is 42.1. The van der Waals surface area contributed by atoms with Crippen LogP contribution in [0.25, 0.3) is 22.3 Å². The Hall–Kier alpha value is -6.27. The molecule has 0 unspecified atom stereocenters. The fourth-order valence-corrected chi connectivity index (χ4v) is 9.37. The second-order valence-corrected chi connectivity index (χ2v) is 17.2. The molecule has 9 rings (SSSR count). The van der Waals surface area contributed by atoms with Gasteiger partial charge in [-0.05, 0) is 68.1 Å². The van der Waals surface area contributed by atoms with Gasteiger partial charge in [-0.15, -0.1) is 10.2 Å². The van der Waals surface area contributed by atoms with Gasteiger partial charge in [0.2, 0.25) is 5.91 Å². The van der Waals surface area contributed by atoms with Gasteiger partial charge < -0.3 is 34.8 Å². The molecule has 0 radical (unpaired) electrons. The van der Waals surface area contributed by atoms with Crippen molar-refractivity contribution in [2.24, 2.45) is 0 Å². The standard InChI is InChI=1S/C45H49F3N10O5/c1-26-22-58(42-33(26)19-32(21-50-42)56-14-9-39(59)51-44(56)62)31-7-12-54(13-8-31)25-45(48)10-15-55(16-11-45)43(61)29-5-3-28(4-6-29)38-23-57(27(2)24-63-38)37-20-36(52-53-41(37)49)34-17-30(46)18-35(47)40(34)60/h3-6,17-22,27,31,38,60H,7-16,23-25H2,1-2H3,(H2,49,53)(H,51,59,62)/t27-,38+/m1/s1. The van der Waals surface area contributed by atoms with Gasteiger partial charge in [0.25, 0.3) is 5.91 Å². The monoisotopic (exact) mass is 866 g/mol. The summed E-state index contributed by atoms with van der Waals surface area (Å²) in [5, 5.41) is 21.6. The number of hydrogen-bond acceptors (Lipinski definition) is 11. The zero-order valence-electron chi connectivity index (χ0n) is 35.1. The number of morpholine rings is 1. The molecule has 4 fully saturated rings. The number of urea groups is 1. The van der Waals surface area contributed by atoms with Crippen molar-refractivity contribution >= 4 is 46.1 Å². The number of aromatic hydroxyl groups is 1. The number of ether oxygens (including phenoxy) is 1. The predicted molar refractivity (Wildman–Crippen MR) is 229 cm³/mol. The molecule has 3 aromatic heterocycles. The van der Waals surface area contributed by atoms with E-state index in [1.165, 1.54) is 11.0 Å². The maximum absolute atomic E-state index is 16.4. The zero-order chi connectivity index (χ0) is 44.2. The van der Waals surface area contributed by atoms with Gasteiger partial charge in [0.1, 0.15) is 23.2 Å². The summed E-state index contributed by atoms with van der Waals surface area (Å²) in [6, 6.07) is 11.9. The van der Waals surface area contributed by atoms with Gasteiger partial charge in [0.15, 0.2) is 17.4 Å². The van der Waals surface area contributed by atoms with Gasteiger partial charge in [-0.25, -0.2) is 22.9 Å². The summed E-state index contributed by atoms with van der Waals surface area (Å²) < 4.78 is 53.0. The minimum absolute atomic E-state index is 0.0526. The van der Waals surface area contributed by atoms with Gasteiger partial charge >= 0.3 is 6.03 Å². The van der Waals surface area contributed by atoms with E-state index < -0.39 is 35.2 Å². The van der Waals surface area contributed by atoms with E-state index in [1.54, 1.807) is 23.2 Å². The normalized spacial score (nSPS) is 21.3. The van der Waals surface area contributed by atoms with Crippen LogP contribution in [0.2, 0.25) is 0 Å². The first-order valence-corrected chi connectivity index (χ1v) is 21.3. The Morgan fingerprint density at radius 2 is 1.76 bits per heavy atom. The summed E-state index contributed by atoms with van der Waals surface area (Å²) in [5.41, 5.74) is 9.06. The lowest BCUT2D eigenvalue weighted by molar-refractivity contribution is -0.120. The van der Waals surface area contributed by atoms with Crippen LogP contribution in [0, 0.1) is 18.6 Å². The number of carbonyl (C=O) groups is 3. The molecular weight excluding hydrogens is 818 g/mol. The van der Waals surface area contributed by atoms with Crippen molar-refractivity contribution in [3.63, 3.8) is 0 Å². The van der Waals surface area contributed by atoms with Crippen molar-refractivity contribution in [3.8, 4) is 17.0 Å². The number of halogens is 3. The lowest BCUT2D eigenvalue weighted by Crippen LogP contribution is -2.51. The lowest BCUT2D eigenvalue weighted by Gasteiger charge is -2.41. The van der Waals surface area contributed by atoms with Crippen molar-refractivity contribution in [3.05, 3.63) is 89.2 Å². The smallest absolute Gasteiger partial charge is 0.328 e. The number of alkyl halides is 1. The van der Waals surface area contributed by atoms with E-state index in [9.17, 15) is 28.3 Å². The van der Waals surface area contributed by atoms with E-state index in [4.69, 9.17) is 15.5 Å². The Bertz CT molecular complexity index is 2570. The number of piperidine rings is 2. The molecule has 0 saturated carbocycles. The van der Waals surface area contributed by atoms with Crippen LogP contribution in [0.1, 0.15) is 72.7 Å². The van der Waals surface area contributed by atoms with Crippen molar-refractivity contribution in [1.82, 2.24) is 34.9 Å². The number of carbonyl (C=O) groups excluding carboxylic acids is 3. The van der Waals surface area contributed by atoms with Gasteiger partial charge in [-0.3, -0.25) is 19.8 Å². The molecule has 4 aliphatic heterocycles. The summed E-state index contributed by atoms with van der Waals surface area (Å²) in [6.07, 6.45) is 5.78. The number of nitrogens with two attached hydrogens (primary N) is 1. The fourth-order valence-electron chi connectivity index (χ4n) is 9.37. The molecule has 0 bridgehead atoms. The Labute approximate surface area is 361 Å². The number of likely N-dealkylation sites (tertiary alicyclic amines) is 2. The Morgan fingerprint density at radius 3 is 2.49 bits per heavy atom. The van der Waals surface area contributed by atoms with Crippen molar-refractivity contribution < 1.29 is 37.4 Å². The zero-order valence-corrected chi connectivity index (χ0v) is 35.1. The third-order valence-corrected chi connectivity index (χ3v) is 13.0. The van der Waals surface area contributed by atoms with Crippen molar-refractivity contribution in [1.29, 1.82) is 0 Å². The molecule has 330 valence electrons. The van der Waals surface area contributed by atoms with Crippen LogP contribution in [0.5, 0.6) is 5.75 Å². The second-order valence-electron chi connectivity index (χ2n) is 17.2. The number of aromatic nitrogens is 4. The van der Waals surface area contributed by atoms with Crippen molar-refractivity contribution in [2.45, 2.75) is 69.8 Å². The predicted octanol–water partition coefficient (Wildman–Crippen LogP) is 6.06. The molecular formula is C45H49F3N10O5. The first-order valence-electron chi connectivity index (χ1n) is 21.3. The van der Waals surface area contributed by atoms with Crippen LogP contribution in [-0.2, 0) is 9.53 Å². The average molecular weight is 867 g/mol. The summed E-state index contributed by atoms with van der Waals surface area (Å²) in [4.78, 5) is 49.9. The van der Waals surface area contributed by atoms with Crippen LogP contribution in [0.4, 0.5) is 35.2 Å². The quantitative estimate of drug-likeness (QED) is 0.165. The van der Waals surface area contributed by atoms with Gasteiger partial charge in [-0.1, -0.05) is 12.1 Å². The van der Waals surface area contributed by atoms with Gasteiger partial charge in [-0.2, -0.15) is 0 Å². The van der Waals surface area contributed by atoms with Crippen LogP contribution in [0.15, 0.2) is 60.9 Å². The molecule has 0 aliphatic carbocycles. The Balaban J connectivity index is 0.780. The Morgan fingerprint density at radius 1 is 1.02 bits per heavy atom. The number of fused-ring (bicyclic) bond motifs is 1. The highest BCUT2D eigenvalue weighted by molar-refractivity contribution is 6.06. The number of pyridine rings is 1. The molecule has 0 spiro atoms. The van der Waals surface area contributed by atoms with Gasteiger partial charge in [0.05, 0.1) is 29.9 Å². The third kappa shape index (κ3) is 8.36. The maximum Gasteiger partial charge on any atom is 0.328 e. The van der Waals surface area contributed by atoms with Crippen molar-refractivity contribution in [2.75, 3.05) is 68.0 Å². The van der Waals surface area contributed by atoms with E-state index in [2.05, 4.69) is 31.2 Å². The minimum Gasteiger partial charge on any atom is -0.504 e. The van der Waals surface area contributed by atoms with Gasteiger partial charge in [0, 0.05) is 106 Å². The Kier molecular flexibility index (Phi) is 11.2. The summed E-state index contributed by atoms with van der Waals surface area (Å²) >= 11 is 0. The molecule has 4 aliphatic rings. The van der Waals surface area contributed by atoms with Crippen LogP contribution < -0.4 is 20.9 Å². The number of phenols is 1. The number of anilines is 3. The molecule has 4 N–H and O–H groups in total. The van der Waals surface area contributed by atoms with Crippen LogP contribution >= 0.6 is 0 Å². The number of phenolic OH excluding ortho intramolecular Hbond substituents is 1. The fraction of sp³-hybridized carbons (Fsp3) is 0.422. The number of benzene rings is 2. The summed E-state index contributed by atoms with van der Waals surface area (Å²) in [5.74, 6) is -3.07. The molecule has 2 atom stereocenters. The number of nitrogen functional groups attached to an aromatic ring is 1. The second kappa shape index (κ2) is 16.8. The highest BCUT2D eigenvalue weighted by atomic mass is 19.1. The minimum atomic E-state index is -1.41. The number of aryl methyl sites for hydroxylation is 1. The summed E-state index contributed by atoms with van der Waals surface area (Å²) in [6.45, 7) is 7.36. The molecule has 15 nitrogen and oxygen atoms in total. The topological polar surface area (TPSA) is 175 Å². The maximum atomic E-state index is 16.4. The van der Waals surface area contributed by atoms with E-state index in [0.29, 0.717) is 62.3 Å². The largest absolute Gasteiger partial charge is 0.504 e. The van der Waals surface area contributed by atoms with Crippen LogP contribution in [-0.4, -0.2) is 117 Å². The number of amides is 4. The SMILES string of the molecule is Cc1cn(C2CCN(CC3(F)CCN(C(=O)c4ccc([C@@H]5CN(c6cc(-c7cc(F)cc(F)c7O)nnc6N)[C@H](C)CO5)cc4)CC3)CC2)c2ncc(N3CCC(=O)NC3=O)cc12. The molecule has 2 aromatic carbocycles. The molecule has 4 saturated heterocycles. The molecule has 18 heteroatoms. The molecule has 4 amide bonds. The number of nitrogens with one attached hydrogen (secondary N) is 1. The highest BCUT2D eigenvalue weighted by Crippen LogP contribution is 2.38. The lowest BCUT2D eigenvalue weighted by atomic mass is 9.91. The number of hydrogen-bond donors (Lipinski definition) is 3. The van der Waals surface area contributed by atoms with E-state index in [0.717, 1.165) is 54.2 Å². The summed E-state index contributed by atoms with van der Waals surface area (Å²) in [7, 11) is 0. The third-order valence-electron chi connectivity index (χ3n) is 13.0. The van der Waals surface area contributed by atoms with Crippen LogP contribution in [0.3, 0.4) is 0 Å². The highest BCUT2D eigenvalue weighted by Gasteiger charge is 2.39. The average Bonchev–Trinajstić information content (AvgIpc) is 3.60. The number of rotatable bonds is 8. The van der Waals surface area contributed by atoms with E-state index in [-0.39, 0.29) is 60.2 Å². The molecule has 63 heavy (non-hydrogen) atoms. The van der Waals surface area contributed by atoms with E-state index in [1.807, 2.05) is 36.9 Å². The number of nitrogens with zero attached hydrogens (tertiary/aromatic N) is 8. The van der Waals surface area contributed by atoms with E-state index >= 15 is 4.39 Å². The molecule has 7 heterocycles. The first-order chi connectivity index (χ1) is 30.2.